The first-order valence-corrected chi connectivity index (χ1v) is 12.4. The van der Waals surface area contributed by atoms with Crippen molar-refractivity contribution in [1.29, 1.82) is 0 Å². The number of carbonyl (C=O) groups excluding carboxylic acids is 1. The minimum Gasteiger partial charge on any atom is -0.382 e. The van der Waals surface area contributed by atoms with Gasteiger partial charge in [0, 0.05) is 45.7 Å². The first kappa shape index (κ1) is 25.4. The molecule has 0 atom stereocenters. The number of aryl methyl sites for hydroxylation is 1. The highest BCUT2D eigenvalue weighted by Gasteiger charge is 2.32. The van der Waals surface area contributed by atoms with Crippen LogP contribution < -0.4 is 10.9 Å². The summed E-state index contributed by atoms with van der Waals surface area (Å²) in [7, 11) is 0. The number of aromatic nitrogens is 2. The molecule has 0 spiro atoms. The Bertz CT molecular complexity index is 1100. The van der Waals surface area contributed by atoms with Crippen molar-refractivity contribution in [1.82, 2.24) is 14.3 Å². The van der Waals surface area contributed by atoms with Crippen molar-refractivity contribution >= 4 is 51.7 Å². The van der Waals surface area contributed by atoms with E-state index < -0.39 is 0 Å². The molecule has 0 saturated carbocycles. The normalized spacial score (nSPS) is 15.2. The van der Waals surface area contributed by atoms with Gasteiger partial charge in [-0.15, -0.1) is 0 Å². The van der Waals surface area contributed by atoms with E-state index in [0.717, 1.165) is 12.0 Å². The summed E-state index contributed by atoms with van der Waals surface area (Å²) in [6, 6.07) is 3.72. The molecule has 0 radical (unpaired) electrons. The largest absolute Gasteiger partial charge is 0.382 e. The molecule has 0 aliphatic carbocycles. The van der Waals surface area contributed by atoms with Gasteiger partial charge in [0.2, 0.25) is 0 Å². The number of thioether (sulfide) groups is 1. The second kappa shape index (κ2) is 12.3. The lowest BCUT2D eigenvalue weighted by Gasteiger charge is -2.14. The summed E-state index contributed by atoms with van der Waals surface area (Å²) in [6.07, 6.45) is 4.82. The number of carbonyl (C=O) groups is 1. The second-order valence-electron chi connectivity index (χ2n) is 7.47. The zero-order chi connectivity index (χ0) is 23.8. The van der Waals surface area contributed by atoms with Crippen LogP contribution in [0.1, 0.15) is 37.8 Å². The Kier molecular flexibility index (Phi) is 9.42. The number of amides is 1. The van der Waals surface area contributed by atoms with E-state index >= 15 is 0 Å². The fraction of sp³-hybridized carbons (Fsp3) is 0.478. The van der Waals surface area contributed by atoms with Crippen LogP contribution in [0.5, 0.6) is 0 Å². The Morgan fingerprint density at radius 2 is 1.88 bits per heavy atom. The molecule has 3 heterocycles. The van der Waals surface area contributed by atoms with Crippen molar-refractivity contribution < 1.29 is 14.3 Å². The number of thiocarbonyl (C=S) groups is 1. The fourth-order valence-corrected chi connectivity index (χ4v) is 4.63. The highest BCUT2D eigenvalue weighted by Crippen LogP contribution is 2.33. The van der Waals surface area contributed by atoms with Gasteiger partial charge in [-0.05, 0) is 51.3 Å². The fourth-order valence-electron chi connectivity index (χ4n) is 3.34. The number of hydrogen-bond acceptors (Lipinski definition) is 8. The molecule has 3 rings (SSSR count). The molecule has 2 aromatic rings. The van der Waals surface area contributed by atoms with Crippen molar-refractivity contribution in [2.45, 2.75) is 33.6 Å². The number of pyridine rings is 1. The van der Waals surface area contributed by atoms with Crippen LogP contribution in [0.15, 0.2) is 28.0 Å². The predicted molar refractivity (Wildman–Crippen MR) is 137 cm³/mol. The van der Waals surface area contributed by atoms with Crippen LogP contribution in [0.4, 0.5) is 5.82 Å². The first-order valence-electron chi connectivity index (χ1n) is 11.1. The van der Waals surface area contributed by atoms with Gasteiger partial charge in [0.1, 0.15) is 15.8 Å². The van der Waals surface area contributed by atoms with Gasteiger partial charge >= 0.3 is 0 Å². The Balaban J connectivity index is 1.91. The summed E-state index contributed by atoms with van der Waals surface area (Å²) < 4.78 is 12.7. The van der Waals surface area contributed by atoms with Crippen LogP contribution in [-0.4, -0.2) is 64.0 Å². The number of fused-ring (bicyclic) bond motifs is 1. The second-order valence-corrected chi connectivity index (χ2v) is 9.15. The molecule has 1 fully saturated rings. The van der Waals surface area contributed by atoms with Gasteiger partial charge in [-0.2, -0.15) is 0 Å². The number of anilines is 1. The molecule has 10 heteroatoms. The molecule has 33 heavy (non-hydrogen) atoms. The van der Waals surface area contributed by atoms with Gasteiger partial charge in [-0.1, -0.05) is 30.0 Å². The maximum Gasteiger partial charge on any atom is 0.267 e. The van der Waals surface area contributed by atoms with Crippen LogP contribution in [0, 0.1) is 6.92 Å². The third-order valence-electron chi connectivity index (χ3n) is 4.99. The van der Waals surface area contributed by atoms with Crippen molar-refractivity contribution in [3.63, 3.8) is 0 Å². The number of nitrogens with zero attached hydrogens (tertiary/aromatic N) is 3. The van der Waals surface area contributed by atoms with E-state index in [0.29, 0.717) is 72.2 Å². The van der Waals surface area contributed by atoms with Gasteiger partial charge in [0.15, 0.2) is 0 Å². The summed E-state index contributed by atoms with van der Waals surface area (Å²) in [4.78, 5) is 33.0. The van der Waals surface area contributed by atoms with Crippen molar-refractivity contribution in [2.75, 3.05) is 44.8 Å². The lowest BCUT2D eigenvalue weighted by molar-refractivity contribution is -0.122. The number of rotatable bonds is 12. The van der Waals surface area contributed by atoms with Gasteiger partial charge in [0.05, 0.1) is 10.5 Å². The maximum absolute atomic E-state index is 13.4. The van der Waals surface area contributed by atoms with Crippen LogP contribution in [0.2, 0.25) is 0 Å². The molecule has 1 N–H and O–H groups in total. The Labute approximate surface area is 203 Å². The maximum atomic E-state index is 13.4. The molecule has 1 amide bonds. The minimum atomic E-state index is -0.238. The third-order valence-corrected chi connectivity index (χ3v) is 6.37. The quantitative estimate of drug-likeness (QED) is 0.275. The van der Waals surface area contributed by atoms with Gasteiger partial charge in [-0.3, -0.25) is 18.9 Å². The third kappa shape index (κ3) is 6.41. The van der Waals surface area contributed by atoms with E-state index in [2.05, 4.69) is 10.3 Å². The van der Waals surface area contributed by atoms with Crippen molar-refractivity contribution in [3.05, 3.63) is 44.7 Å². The average Bonchev–Trinajstić information content (AvgIpc) is 3.06. The molecular formula is C23H30N4O4S2. The van der Waals surface area contributed by atoms with Crippen LogP contribution in [0.25, 0.3) is 11.7 Å². The van der Waals surface area contributed by atoms with E-state index in [1.54, 1.807) is 17.2 Å². The van der Waals surface area contributed by atoms with Gasteiger partial charge in [-0.25, -0.2) is 4.98 Å². The summed E-state index contributed by atoms with van der Waals surface area (Å²) in [5, 5.41) is 3.25. The Hall–Kier alpha value is -2.27. The summed E-state index contributed by atoms with van der Waals surface area (Å²) in [5.41, 5.74) is 1.58. The predicted octanol–water partition coefficient (Wildman–Crippen LogP) is 3.47. The van der Waals surface area contributed by atoms with E-state index in [1.807, 2.05) is 32.9 Å². The first-order chi connectivity index (χ1) is 16.0. The molecule has 0 bridgehead atoms. The molecule has 178 valence electrons. The highest BCUT2D eigenvalue weighted by molar-refractivity contribution is 8.26. The lowest BCUT2D eigenvalue weighted by atomic mass is 10.2. The van der Waals surface area contributed by atoms with Crippen molar-refractivity contribution in [2.24, 2.45) is 0 Å². The van der Waals surface area contributed by atoms with Crippen LogP contribution >= 0.6 is 24.0 Å². The molecule has 0 aromatic carbocycles. The average molecular weight is 491 g/mol. The Morgan fingerprint density at radius 3 is 2.61 bits per heavy atom. The number of hydrogen-bond donors (Lipinski definition) is 1. The van der Waals surface area contributed by atoms with Crippen LogP contribution in [0.3, 0.4) is 0 Å². The molecule has 8 nitrogen and oxygen atoms in total. The van der Waals surface area contributed by atoms with E-state index in [4.69, 9.17) is 21.7 Å². The summed E-state index contributed by atoms with van der Waals surface area (Å²) in [5.74, 6) is 0.250. The zero-order valence-corrected chi connectivity index (χ0v) is 20.9. The highest BCUT2D eigenvalue weighted by atomic mass is 32.2. The summed E-state index contributed by atoms with van der Waals surface area (Å²) >= 11 is 6.62. The molecule has 0 unspecified atom stereocenters. The standard InChI is InChI=1S/C23H30N4O4S2/c1-4-30-12-6-10-24-20-17(21(28)27-15-16(3)8-9-19(27)25-20)14-18-22(29)26(23(32)33-18)11-7-13-31-5-2/h8-9,14-15,24H,4-7,10-13H2,1-3H3. The zero-order valence-electron chi connectivity index (χ0n) is 19.3. The molecular weight excluding hydrogens is 460 g/mol. The molecule has 1 aliphatic heterocycles. The number of ether oxygens (including phenoxy) is 2. The van der Waals surface area contributed by atoms with Gasteiger partial charge in [0.25, 0.3) is 11.5 Å². The molecule has 1 aliphatic rings. The van der Waals surface area contributed by atoms with Crippen molar-refractivity contribution in [3.8, 4) is 0 Å². The van der Waals surface area contributed by atoms with Crippen LogP contribution in [-0.2, 0) is 14.3 Å². The van der Waals surface area contributed by atoms with E-state index in [1.165, 1.54) is 16.2 Å². The smallest absolute Gasteiger partial charge is 0.267 e. The van der Waals surface area contributed by atoms with E-state index in [9.17, 15) is 9.59 Å². The topological polar surface area (TPSA) is 85.2 Å². The monoisotopic (exact) mass is 490 g/mol. The summed E-state index contributed by atoms with van der Waals surface area (Å²) in [6.45, 7) is 9.35. The SMILES string of the molecule is CCOCCCNc1nc2ccc(C)cn2c(=O)c1C=C1SC(=S)N(CCCOCC)C1=O. The molecule has 1 saturated heterocycles. The van der Waals surface area contributed by atoms with E-state index in [-0.39, 0.29) is 11.5 Å². The van der Waals surface area contributed by atoms with Gasteiger partial charge < -0.3 is 14.8 Å². The lowest BCUT2D eigenvalue weighted by Crippen LogP contribution is -2.29. The Morgan fingerprint density at radius 1 is 1.15 bits per heavy atom. The number of nitrogens with one attached hydrogen (secondary N) is 1. The minimum absolute atomic E-state index is 0.197. The molecule has 2 aromatic heterocycles.